The molecule has 0 saturated heterocycles. The van der Waals surface area contributed by atoms with Crippen LogP contribution in [0.4, 0.5) is 0 Å². The standard InChI is InChI=1S/C9H17NO4/c1-13-6-8(11)4-3-5-10-9(12)7-14-2/h3-7H2,1-2H3,(H,10,12). The Morgan fingerprint density at radius 2 is 1.79 bits per heavy atom. The predicted octanol–water partition coefficient (Wildman–Crippen LogP) is -0.255. The van der Waals surface area contributed by atoms with E-state index in [9.17, 15) is 9.59 Å². The van der Waals surface area contributed by atoms with Crippen molar-refractivity contribution in [3.8, 4) is 0 Å². The molecule has 0 radical (unpaired) electrons. The molecule has 14 heavy (non-hydrogen) atoms. The van der Waals surface area contributed by atoms with Crippen molar-refractivity contribution in [2.24, 2.45) is 0 Å². The summed E-state index contributed by atoms with van der Waals surface area (Å²) in [5.41, 5.74) is 0. The molecule has 0 spiro atoms. The number of methoxy groups -OCH3 is 2. The highest BCUT2D eigenvalue weighted by Crippen LogP contribution is 1.89. The fourth-order valence-electron chi connectivity index (χ4n) is 0.929. The van der Waals surface area contributed by atoms with Crippen LogP contribution in [-0.4, -0.2) is 45.7 Å². The Morgan fingerprint density at radius 3 is 2.36 bits per heavy atom. The SMILES string of the molecule is COCC(=O)CCCNC(=O)COC. The van der Waals surface area contributed by atoms with Crippen LogP contribution < -0.4 is 5.32 Å². The molecule has 0 aliphatic carbocycles. The molecule has 0 atom stereocenters. The van der Waals surface area contributed by atoms with Crippen LogP contribution in [0.5, 0.6) is 0 Å². The first-order valence-corrected chi connectivity index (χ1v) is 4.47. The van der Waals surface area contributed by atoms with Crippen molar-refractivity contribution in [3.63, 3.8) is 0 Å². The van der Waals surface area contributed by atoms with Gasteiger partial charge in [0.2, 0.25) is 5.91 Å². The van der Waals surface area contributed by atoms with E-state index < -0.39 is 0 Å². The van der Waals surface area contributed by atoms with E-state index in [0.717, 1.165) is 0 Å². The molecule has 0 aliphatic rings. The first-order chi connectivity index (χ1) is 6.70. The van der Waals surface area contributed by atoms with Gasteiger partial charge in [-0.1, -0.05) is 0 Å². The fourth-order valence-corrected chi connectivity index (χ4v) is 0.929. The first kappa shape index (κ1) is 13.1. The maximum Gasteiger partial charge on any atom is 0.245 e. The highest BCUT2D eigenvalue weighted by atomic mass is 16.5. The Balaban J connectivity index is 3.28. The summed E-state index contributed by atoms with van der Waals surface area (Å²) < 4.78 is 9.28. The molecule has 5 nitrogen and oxygen atoms in total. The molecule has 0 heterocycles. The lowest BCUT2D eigenvalue weighted by Gasteiger charge is -2.03. The van der Waals surface area contributed by atoms with Gasteiger partial charge in [-0.15, -0.1) is 0 Å². The maximum absolute atomic E-state index is 11.0. The molecule has 0 unspecified atom stereocenters. The van der Waals surface area contributed by atoms with E-state index in [0.29, 0.717) is 19.4 Å². The normalized spacial score (nSPS) is 9.86. The third-order valence-corrected chi connectivity index (χ3v) is 1.54. The number of ether oxygens (including phenoxy) is 2. The van der Waals surface area contributed by atoms with Gasteiger partial charge < -0.3 is 14.8 Å². The molecule has 1 amide bonds. The smallest absolute Gasteiger partial charge is 0.245 e. The van der Waals surface area contributed by atoms with Crippen LogP contribution in [0.15, 0.2) is 0 Å². The third kappa shape index (κ3) is 7.70. The zero-order chi connectivity index (χ0) is 10.8. The van der Waals surface area contributed by atoms with E-state index in [1.54, 1.807) is 0 Å². The lowest BCUT2D eigenvalue weighted by atomic mass is 10.2. The van der Waals surface area contributed by atoms with Gasteiger partial charge in [-0.2, -0.15) is 0 Å². The maximum atomic E-state index is 11.0. The van der Waals surface area contributed by atoms with Crippen LogP contribution in [0.25, 0.3) is 0 Å². The van der Waals surface area contributed by atoms with Crippen molar-refractivity contribution in [1.29, 1.82) is 0 Å². The van der Waals surface area contributed by atoms with E-state index in [-0.39, 0.29) is 24.9 Å². The zero-order valence-corrected chi connectivity index (χ0v) is 8.67. The second-order valence-electron chi connectivity index (χ2n) is 2.86. The Hall–Kier alpha value is -0.940. The molecule has 0 aromatic rings. The van der Waals surface area contributed by atoms with Crippen LogP contribution in [0.1, 0.15) is 12.8 Å². The Morgan fingerprint density at radius 1 is 1.14 bits per heavy atom. The highest BCUT2D eigenvalue weighted by molar-refractivity contribution is 5.80. The van der Waals surface area contributed by atoms with Crippen molar-refractivity contribution in [3.05, 3.63) is 0 Å². The number of hydrogen-bond donors (Lipinski definition) is 1. The predicted molar refractivity (Wildman–Crippen MR) is 51.0 cm³/mol. The summed E-state index contributed by atoms with van der Waals surface area (Å²) in [5, 5.41) is 2.62. The minimum Gasteiger partial charge on any atom is -0.377 e. The summed E-state index contributed by atoms with van der Waals surface area (Å²) in [5.74, 6) is -0.111. The quantitative estimate of drug-likeness (QED) is 0.552. The third-order valence-electron chi connectivity index (χ3n) is 1.54. The van der Waals surface area contributed by atoms with Gasteiger partial charge in [-0.25, -0.2) is 0 Å². The molecular formula is C9H17NO4. The Bertz CT molecular complexity index is 162. The van der Waals surface area contributed by atoms with E-state index >= 15 is 0 Å². The van der Waals surface area contributed by atoms with Crippen LogP contribution in [0.2, 0.25) is 0 Å². The number of carbonyl (C=O) groups is 2. The monoisotopic (exact) mass is 203 g/mol. The minimum atomic E-state index is -0.160. The summed E-state index contributed by atoms with van der Waals surface area (Å²) in [6.07, 6.45) is 1.07. The number of rotatable bonds is 8. The molecule has 1 N–H and O–H groups in total. The van der Waals surface area contributed by atoms with Crippen molar-refractivity contribution < 1.29 is 19.1 Å². The number of amides is 1. The lowest BCUT2D eigenvalue weighted by Crippen LogP contribution is -2.28. The largest absolute Gasteiger partial charge is 0.377 e. The topological polar surface area (TPSA) is 64.6 Å². The van der Waals surface area contributed by atoms with Crippen molar-refractivity contribution in [2.45, 2.75) is 12.8 Å². The molecule has 0 fully saturated rings. The summed E-state index contributed by atoms with van der Waals surface area (Å²) >= 11 is 0. The van der Waals surface area contributed by atoms with Gasteiger partial charge in [0.15, 0.2) is 5.78 Å². The first-order valence-electron chi connectivity index (χ1n) is 4.47. The van der Waals surface area contributed by atoms with Crippen molar-refractivity contribution >= 4 is 11.7 Å². The average Bonchev–Trinajstić information content (AvgIpc) is 2.13. The van der Waals surface area contributed by atoms with Crippen LogP contribution >= 0.6 is 0 Å². The van der Waals surface area contributed by atoms with Gasteiger partial charge in [-0.3, -0.25) is 9.59 Å². The van der Waals surface area contributed by atoms with Gasteiger partial charge >= 0.3 is 0 Å². The van der Waals surface area contributed by atoms with Crippen molar-refractivity contribution in [2.75, 3.05) is 34.0 Å². The van der Waals surface area contributed by atoms with Gasteiger partial charge in [0.25, 0.3) is 0 Å². The second kappa shape index (κ2) is 8.65. The van der Waals surface area contributed by atoms with Gasteiger partial charge in [0.05, 0.1) is 0 Å². The number of carbonyl (C=O) groups excluding carboxylic acids is 2. The zero-order valence-electron chi connectivity index (χ0n) is 8.67. The van der Waals surface area contributed by atoms with Crippen LogP contribution in [0.3, 0.4) is 0 Å². The van der Waals surface area contributed by atoms with Crippen molar-refractivity contribution in [1.82, 2.24) is 5.32 Å². The fraction of sp³-hybridized carbons (Fsp3) is 0.778. The average molecular weight is 203 g/mol. The molecule has 0 aliphatic heterocycles. The number of ketones is 1. The van der Waals surface area contributed by atoms with E-state index in [1.807, 2.05) is 0 Å². The summed E-state index contributed by atoms with van der Waals surface area (Å²) in [4.78, 5) is 21.8. The molecule has 0 aromatic heterocycles. The second-order valence-corrected chi connectivity index (χ2v) is 2.86. The lowest BCUT2D eigenvalue weighted by molar-refractivity contribution is -0.125. The highest BCUT2D eigenvalue weighted by Gasteiger charge is 2.02. The van der Waals surface area contributed by atoms with E-state index in [4.69, 9.17) is 0 Å². The molecule has 0 saturated carbocycles. The molecular weight excluding hydrogens is 186 g/mol. The number of hydrogen-bond acceptors (Lipinski definition) is 4. The van der Waals surface area contributed by atoms with Gasteiger partial charge in [0.1, 0.15) is 13.2 Å². The Labute approximate surface area is 83.8 Å². The summed E-state index contributed by atoms with van der Waals surface area (Å²) in [6.45, 7) is 0.704. The minimum absolute atomic E-state index is 0.0495. The summed E-state index contributed by atoms with van der Waals surface area (Å²) in [7, 11) is 2.94. The molecule has 5 heteroatoms. The van der Waals surface area contributed by atoms with E-state index in [1.165, 1.54) is 14.2 Å². The molecule has 0 bridgehead atoms. The summed E-state index contributed by atoms with van der Waals surface area (Å²) in [6, 6.07) is 0. The van der Waals surface area contributed by atoms with E-state index in [2.05, 4.69) is 14.8 Å². The number of Topliss-reactive ketones (excluding diaryl/α,β-unsaturated/α-hetero) is 1. The van der Waals surface area contributed by atoms with Gasteiger partial charge in [-0.05, 0) is 6.42 Å². The molecule has 82 valence electrons. The van der Waals surface area contributed by atoms with Gasteiger partial charge in [0, 0.05) is 27.2 Å². The van der Waals surface area contributed by atoms with Crippen LogP contribution in [-0.2, 0) is 19.1 Å². The van der Waals surface area contributed by atoms with Crippen LogP contribution in [0, 0.1) is 0 Å². The Kier molecular flexibility index (Phi) is 8.07. The number of nitrogens with one attached hydrogen (secondary N) is 1. The molecule has 0 aromatic carbocycles. The molecule has 0 rings (SSSR count).